The van der Waals surface area contributed by atoms with Crippen LogP contribution in [0.15, 0.2) is 36.9 Å². The summed E-state index contributed by atoms with van der Waals surface area (Å²) in [6.07, 6.45) is 2.86. The second-order valence-electron chi connectivity index (χ2n) is 3.26. The van der Waals surface area contributed by atoms with Gasteiger partial charge in [-0.05, 0) is 24.1 Å². The zero-order chi connectivity index (χ0) is 9.31. The number of aliphatic hydroxyl groups is 1. The van der Waals surface area contributed by atoms with Crippen molar-refractivity contribution in [2.24, 2.45) is 0 Å². The summed E-state index contributed by atoms with van der Waals surface area (Å²) in [4.78, 5) is 0. The highest BCUT2D eigenvalue weighted by atomic mass is 16.6. The SMILES string of the molecule is C=CC1(O)CCc2ccccc2O1. The van der Waals surface area contributed by atoms with E-state index in [1.807, 2.05) is 24.3 Å². The van der Waals surface area contributed by atoms with E-state index >= 15 is 0 Å². The fourth-order valence-corrected chi connectivity index (χ4v) is 1.51. The number of hydrogen-bond donors (Lipinski definition) is 1. The molecule has 1 aliphatic rings. The van der Waals surface area contributed by atoms with Gasteiger partial charge in [0.25, 0.3) is 0 Å². The highest BCUT2D eigenvalue weighted by molar-refractivity contribution is 5.36. The summed E-state index contributed by atoms with van der Waals surface area (Å²) in [5.41, 5.74) is 1.15. The summed E-state index contributed by atoms with van der Waals surface area (Å²) in [6, 6.07) is 7.75. The van der Waals surface area contributed by atoms with E-state index in [1.165, 1.54) is 6.08 Å². The average Bonchev–Trinajstić information content (AvgIpc) is 2.18. The van der Waals surface area contributed by atoms with Crippen LogP contribution < -0.4 is 4.74 Å². The molecule has 0 amide bonds. The molecule has 1 aromatic carbocycles. The van der Waals surface area contributed by atoms with Crippen LogP contribution >= 0.6 is 0 Å². The lowest BCUT2D eigenvalue weighted by atomic mass is 10.00. The molecule has 1 N–H and O–H groups in total. The second-order valence-corrected chi connectivity index (χ2v) is 3.26. The Kier molecular flexibility index (Phi) is 1.85. The van der Waals surface area contributed by atoms with Gasteiger partial charge in [-0.3, -0.25) is 0 Å². The first kappa shape index (κ1) is 8.32. The van der Waals surface area contributed by atoms with Gasteiger partial charge < -0.3 is 9.84 Å². The zero-order valence-electron chi connectivity index (χ0n) is 7.36. The van der Waals surface area contributed by atoms with Crippen molar-refractivity contribution in [1.82, 2.24) is 0 Å². The van der Waals surface area contributed by atoms with Gasteiger partial charge in [0.1, 0.15) is 5.75 Å². The molecular weight excluding hydrogens is 164 g/mol. The van der Waals surface area contributed by atoms with Crippen molar-refractivity contribution in [3.8, 4) is 5.75 Å². The quantitative estimate of drug-likeness (QED) is 0.662. The molecule has 2 nitrogen and oxygen atoms in total. The largest absolute Gasteiger partial charge is 0.459 e. The van der Waals surface area contributed by atoms with Gasteiger partial charge in [0.2, 0.25) is 5.79 Å². The smallest absolute Gasteiger partial charge is 0.227 e. The number of benzene rings is 1. The summed E-state index contributed by atoms with van der Waals surface area (Å²) in [5.74, 6) is -0.412. The van der Waals surface area contributed by atoms with Crippen LogP contribution in [0.1, 0.15) is 12.0 Å². The van der Waals surface area contributed by atoms with Crippen LogP contribution in [0.5, 0.6) is 5.75 Å². The normalized spacial score (nSPS) is 25.9. The third kappa shape index (κ3) is 1.45. The Balaban J connectivity index is 2.34. The summed E-state index contributed by atoms with van der Waals surface area (Å²) in [5, 5.41) is 9.79. The number of ether oxygens (including phenoxy) is 1. The van der Waals surface area contributed by atoms with Crippen LogP contribution in [0.3, 0.4) is 0 Å². The van der Waals surface area contributed by atoms with Gasteiger partial charge in [-0.25, -0.2) is 0 Å². The molecule has 1 atom stereocenters. The third-order valence-electron chi connectivity index (χ3n) is 2.33. The van der Waals surface area contributed by atoms with Gasteiger partial charge in [0.05, 0.1) is 0 Å². The van der Waals surface area contributed by atoms with Crippen LogP contribution in [-0.2, 0) is 6.42 Å². The molecular formula is C11H12O2. The first-order valence-corrected chi connectivity index (χ1v) is 4.36. The molecule has 2 rings (SSSR count). The highest BCUT2D eigenvalue weighted by Crippen LogP contribution is 2.31. The van der Waals surface area contributed by atoms with Crippen molar-refractivity contribution in [3.63, 3.8) is 0 Å². The van der Waals surface area contributed by atoms with Crippen LogP contribution in [-0.4, -0.2) is 10.9 Å². The maximum atomic E-state index is 9.79. The van der Waals surface area contributed by atoms with Crippen molar-refractivity contribution in [2.75, 3.05) is 0 Å². The van der Waals surface area contributed by atoms with Crippen LogP contribution in [0.2, 0.25) is 0 Å². The standard InChI is InChI=1S/C11H12O2/c1-2-11(12)8-7-9-5-3-4-6-10(9)13-11/h2-6,12H,1,7-8H2. The molecule has 2 heteroatoms. The molecule has 1 unspecified atom stereocenters. The fourth-order valence-electron chi connectivity index (χ4n) is 1.51. The summed E-state index contributed by atoms with van der Waals surface area (Å²) < 4.78 is 5.41. The maximum Gasteiger partial charge on any atom is 0.227 e. The monoisotopic (exact) mass is 176 g/mol. The highest BCUT2D eigenvalue weighted by Gasteiger charge is 2.30. The van der Waals surface area contributed by atoms with Gasteiger partial charge in [-0.2, -0.15) is 0 Å². The Morgan fingerprint density at radius 1 is 1.46 bits per heavy atom. The Hall–Kier alpha value is -1.28. The van der Waals surface area contributed by atoms with Gasteiger partial charge >= 0.3 is 0 Å². The molecule has 0 spiro atoms. The van der Waals surface area contributed by atoms with Gasteiger partial charge in [-0.15, -0.1) is 0 Å². The average molecular weight is 176 g/mol. The minimum atomic E-state index is -1.17. The third-order valence-corrected chi connectivity index (χ3v) is 2.33. The molecule has 0 aromatic heterocycles. The van der Waals surface area contributed by atoms with E-state index < -0.39 is 5.79 Å². The van der Waals surface area contributed by atoms with E-state index in [0.717, 1.165) is 17.7 Å². The maximum absolute atomic E-state index is 9.79. The minimum absolute atomic E-state index is 0.577. The van der Waals surface area contributed by atoms with Crippen LogP contribution in [0.4, 0.5) is 0 Å². The Labute approximate surface area is 77.5 Å². The summed E-state index contributed by atoms with van der Waals surface area (Å²) >= 11 is 0. The summed E-state index contributed by atoms with van der Waals surface area (Å²) in [6.45, 7) is 3.55. The molecule has 0 saturated carbocycles. The molecule has 0 fully saturated rings. The molecule has 1 aliphatic heterocycles. The molecule has 0 bridgehead atoms. The lowest BCUT2D eigenvalue weighted by Crippen LogP contribution is -2.36. The predicted octanol–water partition coefficient (Wildman–Crippen LogP) is 1.89. The predicted molar refractivity (Wildman–Crippen MR) is 50.5 cm³/mol. The number of fused-ring (bicyclic) bond motifs is 1. The summed E-state index contributed by atoms with van der Waals surface area (Å²) in [7, 11) is 0. The van der Waals surface area contributed by atoms with Gasteiger partial charge in [0.15, 0.2) is 0 Å². The lowest BCUT2D eigenvalue weighted by Gasteiger charge is -2.31. The van der Waals surface area contributed by atoms with Crippen molar-refractivity contribution >= 4 is 0 Å². The van der Waals surface area contributed by atoms with Crippen LogP contribution in [0.25, 0.3) is 0 Å². The molecule has 0 radical (unpaired) electrons. The van der Waals surface area contributed by atoms with E-state index in [0.29, 0.717) is 6.42 Å². The van der Waals surface area contributed by atoms with E-state index in [2.05, 4.69) is 6.58 Å². The molecule has 1 aromatic rings. The van der Waals surface area contributed by atoms with Crippen LogP contribution in [0, 0.1) is 0 Å². The minimum Gasteiger partial charge on any atom is -0.459 e. The molecule has 0 aliphatic carbocycles. The number of hydrogen-bond acceptors (Lipinski definition) is 2. The van der Waals surface area contributed by atoms with Gasteiger partial charge in [-0.1, -0.05) is 24.8 Å². The molecule has 68 valence electrons. The number of aryl methyl sites for hydroxylation is 1. The van der Waals surface area contributed by atoms with Gasteiger partial charge in [0, 0.05) is 6.42 Å². The van der Waals surface area contributed by atoms with Crippen molar-refractivity contribution in [2.45, 2.75) is 18.6 Å². The molecule has 1 heterocycles. The van der Waals surface area contributed by atoms with Crippen molar-refractivity contribution in [1.29, 1.82) is 0 Å². The zero-order valence-corrected chi connectivity index (χ0v) is 7.36. The molecule has 13 heavy (non-hydrogen) atoms. The van der Waals surface area contributed by atoms with E-state index in [4.69, 9.17) is 4.74 Å². The first-order chi connectivity index (χ1) is 6.23. The van der Waals surface area contributed by atoms with E-state index in [1.54, 1.807) is 0 Å². The van der Waals surface area contributed by atoms with E-state index in [-0.39, 0.29) is 0 Å². The number of para-hydroxylation sites is 1. The Morgan fingerprint density at radius 2 is 2.23 bits per heavy atom. The first-order valence-electron chi connectivity index (χ1n) is 4.36. The second kappa shape index (κ2) is 2.89. The number of rotatable bonds is 1. The lowest BCUT2D eigenvalue weighted by molar-refractivity contribution is -0.107. The van der Waals surface area contributed by atoms with Crippen molar-refractivity contribution < 1.29 is 9.84 Å². The van der Waals surface area contributed by atoms with E-state index in [9.17, 15) is 5.11 Å². The van der Waals surface area contributed by atoms with Crippen molar-refractivity contribution in [3.05, 3.63) is 42.5 Å². The topological polar surface area (TPSA) is 29.5 Å². The Bertz CT molecular complexity index is 333. The Morgan fingerprint density at radius 3 is 3.00 bits per heavy atom. The molecule has 0 saturated heterocycles. The fraction of sp³-hybridized carbons (Fsp3) is 0.273.